The van der Waals surface area contributed by atoms with Gasteiger partial charge in [0.2, 0.25) is 11.8 Å². The molecule has 3 heterocycles. The van der Waals surface area contributed by atoms with E-state index in [0.717, 1.165) is 5.56 Å². The summed E-state index contributed by atoms with van der Waals surface area (Å²) in [6.45, 7) is 6.95. The lowest BCUT2D eigenvalue weighted by Crippen LogP contribution is -2.47. The van der Waals surface area contributed by atoms with Gasteiger partial charge in [-0.05, 0) is 69.2 Å². The number of pyridine rings is 2. The highest BCUT2D eigenvalue weighted by Crippen LogP contribution is 2.40. The van der Waals surface area contributed by atoms with Crippen LogP contribution in [0.1, 0.15) is 43.1 Å². The Kier molecular flexibility index (Phi) is 8.05. The number of anilines is 2. The van der Waals surface area contributed by atoms with Gasteiger partial charge >= 0.3 is 0 Å². The maximum atomic E-state index is 13.2. The van der Waals surface area contributed by atoms with Gasteiger partial charge in [-0.25, -0.2) is 0 Å². The predicted molar refractivity (Wildman–Crippen MR) is 145 cm³/mol. The molecular formula is C29H33N5O4. The van der Waals surface area contributed by atoms with E-state index in [-0.39, 0.29) is 17.7 Å². The molecule has 0 N–H and O–H groups in total. The SMILES string of the molecule is CCN1C(=O)C(C)(C)C(=O)N(C)c2cc(OCCCN(Cc3ccncc3)C(=O)c3cccnc3)ccc21. The maximum Gasteiger partial charge on any atom is 0.255 e. The van der Waals surface area contributed by atoms with Crippen LogP contribution >= 0.6 is 0 Å². The van der Waals surface area contributed by atoms with Crippen LogP contribution in [-0.4, -0.2) is 59.3 Å². The predicted octanol–water partition coefficient (Wildman–Crippen LogP) is 3.94. The monoisotopic (exact) mass is 515 g/mol. The largest absolute Gasteiger partial charge is 0.493 e. The van der Waals surface area contributed by atoms with Crippen LogP contribution in [0.5, 0.6) is 5.75 Å². The number of hydrogen-bond acceptors (Lipinski definition) is 6. The highest BCUT2D eigenvalue weighted by molar-refractivity contribution is 6.20. The molecule has 2 aromatic heterocycles. The van der Waals surface area contributed by atoms with E-state index in [0.29, 0.717) is 55.3 Å². The number of fused-ring (bicyclic) bond motifs is 1. The second-order valence-corrected chi connectivity index (χ2v) is 9.71. The zero-order chi connectivity index (χ0) is 27.3. The van der Waals surface area contributed by atoms with Crippen LogP contribution in [0.4, 0.5) is 11.4 Å². The molecule has 3 aromatic rings. The van der Waals surface area contributed by atoms with Gasteiger partial charge in [0.1, 0.15) is 11.2 Å². The number of amides is 3. The molecule has 0 saturated heterocycles. The molecule has 0 spiro atoms. The second-order valence-electron chi connectivity index (χ2n) is 9.71. The molecule has 1 aliphatic heterocycles. The minimum Gasteiger partial charge on any atom is -0.493 e. The average molecular weight is 516 g/mol. The number of benzene rings is 1. The number of carbonyl (C=O) groups is 3. The van der Waals surface area contributed by atoms with E-state index in [1.807, 2.05) is 25.1 Å². The zero-order valence-electron chi connectivity index (χ0n) is 22.3. The molecule has 0 bridgehead atoms. The molecule has 9 nitrogen and oxygen atoms in total. The minimum atomic E-state index is -1.16. The van der Waals surface area contributed by atoms with Gasteiger partial charge in [-0.15, -0.1) is 0 Å². The number of rotatable bonds is 9. The Balaban J connectivity index is 1.46. The van der Waals surface area contributed by atoms with Gasteiger partial charge in [0.15, 0.2) is 0 Å². The summed E-state index contributed by atoms with van der Waals surface area (Å²) in [5, 5.41) is 0. The van der Waals surface area contributed by atoms with E-state index in [2.05, 4.69) is 9.97 Å². The summed E-state index contributed by atoms with van der Waals surface area (Å²) in [5.41, 5.74) is 1.65. The van der Waals surface area contributed by atoms with Crippen molar-refractivity contribution < 1.29 is 19.1 Å². The van der Waals surface area contributed by atoms with Crippen LogP contribution in [0.15, 0.2) is 67.3 Å². The summed E-state index contributed by atoms with van der Waals surface area (Å²) < 4.78 is 6.03. The molecule has 4 rings (SSSR count). The highest BCUT2D eigenvalue weighted by atomic mass is 16.5. The minimum absolute atomic E-state index is 0.105. The second kappa shape index (κ2) is 11.4. The first-order chi connectivity index (χ1) is 18.2. The first-order valence-corrected chi connectivity index (χ1v) is 12.7. The Labute approximate surface area is 223 Å². The summed E-state index contributed by atoms with van der Waals surface area (Å²) >= 11 is 0. The molecule has 38 heavy (non-hydrogen) atoms. The number of aromatic nitrogens is 2. The lowest BCUT2D eigenvalue weighted by Gasteiger charge is -2.27. The topological polar surface area (TPSA) is 95.9 Å². The quantitative estimate of drug-likeness (QED) is 0.316. The smallest absolute Gasteiger partial charge is 0.255 e. The fraction of sp³-hybridized carbons (Fsp3) is 0.345. The Hall–Kier alpha value is -4.27. The molecule has 3 amide bonds. The van der Waals surface area contributed by atoms with E-state index < -0.39 is 5.41 Å². The summed E-state index contributed by atoms with van der Waals surface area (Å²) in [6.07, 6.45) is 7.21. The lowest BCUT2D eigenvalue weighted by molar-refractivity contribution is -0.137. The van der Waals surface area contributed by atoms with Crippen LogP contribution in [-0.2, 0) is 16.1 Å². The Morgan fingerprint density at radius 2 is 1.76 bits per heavy atom. The molecule has 1 aliphatic rings. The first kappa shape index (κ1) is 26.8. The third-order valence-electron chi connectivity index (χ3n) is 6.69. The van der Waals surface area contributed by atoms with E-state index in [4.69, 9.17) is 4.74 Å². The van der Waals surface area contributed by atoms with Gasteiger partial charge in [0.25, 0.3) is 5.91 Å². The molecule has 0 aliphatic carbocycles. The van der Waals surface area contributed by atoms with Gasteiger partial charge in [0.05, 0.1) is 23.5 Å². The van der Waals surface area contributed by atoms with E-state index in [1.54, 1.807) is 79.7 Å². The van der Waals surface area contributed by atoms with Gasteiger partial charge in [-0.1, -0.05) is 0 Å². The highest BCUT2D eigenvalue weighted by Gasteiger charge is 2.45. The Bertz CT molecular complexity index is 1300. The van der Waals surface area contributed by atoms with Crippen molar-refractivity contribution in [2.45, 2.75) is 33.7 Å². The third kappa shape index (κ3) is 5.51. The van der Waals surface area contributed by atoms with Crippen molar-refractivity contribution in [1.82, 2.24) is 14.9 Å². The molecule has 0 unspecified atom stereocenters. The van der Waals surface area contributed by atoms with Crippen LogP contribution in [0.25, 0.3) is 0 Å². The standard InChI is InChI=1S/C29H33N5O4/c1-5-34-24-10-9-23(18-25(24)32(4)27(36)29(2,3)28(34)37)38-17-7-16-33(20-21-11-14-30-15-12-21)26(35)22-8-6-13-31-19-22/h6,8-15,18-19H,5,7,16-17,20H2,1-4H3. The van der Waals surface area contributed by atoms with Crippen LogP contribution < -0.4 is 14.5 Å². The van der Waals surface area contributed by atoms with Crippen molar-refractivity contribution in [2.75, 3.05) is 36.5 Å². The average Bonchev–Trinajstić information content (AvgIpc) is 2.99. The number of carbonyl (C=O) groups excluding carboxylic acids is 3. The summed E-state index contributed by atoms with van der Waals surface area (Å²) in [6, 6.07) is 12.7. The van der Waals surface area contributed by atoms with Crippen LogP contribution in [0.2, 0.25) is 0 Å². The maximum absolute atomic E-state index is 13.2. The summed E-state index contributed by atoms with van der Waals surface area (Å²) in [5.74, 6) is -0.00717. The Morgan fingerprint density at radius 1 is 1.00 bits per heavy atom. The normalized spacial score (nSPS) is 14.6. The van der Waals surface area contributed by atoms with Crippen molar-refractivity contribution in [3.63, 3.8) is 0 Å². The van der Waals surface area contributed by atoms with Crippen molar-refractivity contribution >= 4 is 29.1 Å². The van der Waals surface area contributed by atoms with Crippen molar-refractivity contribution in [2.24, 2.45) is 5.41 Å². The molecule has 9 heteroatoms. The Morgan fingerprint density at radius 3 is 2.45 bits per heavy atom. The molecule has 0 saturated carbocycles. The number of nitrogens with zero attached hydrogens (tertiary/aromatic N) is 5. The van der Waals surface area contributed by atoms with Crippen molar-refractivity contribution in [3.05, 3.63) is 78.4 Å². The van der Waals surface area contributed by atoms with Gasteiger partial charge in [-0.3, -0.25) is 24.4 Å². The molecule has 0 atom stereocenters. The van der Waals surface area contributed by atoms with Crippen LogP contribution in [0, 0.1) is 5.41 Å². The van der Waals surface area contributed by atoms with Gasteiger partial charge < -0.3 is 19.4 Å². The van der Waals surface area contributed by atoms with E-state index >= 15 is 0 Å². The molecule has 198 valence electrons. The molecule has 1 aromatic carbocycles. The number of hydrogen-bond donors (Lipinski definition) is 0. The summed E-state index contributed by atoms with van der Waals surface area (Å²) in [4.78, 5) is 52.4. The molecule has 0 fully saturated rings. The lowest BCUT2D eigenvalue weighted by atomic mass is 9.90. The van der Waals surface area contributed by atoms with E-state index in [9.17, 15) is 14.4 Å². The molecular weight excluding hydrogens is 482 g/mol. The van der Waals surface area contributed by atoms with Crippen molar-refractivity contribution in [3.8, 4) is 5.75 Å². The van der Waals surface area contributed by atoms with Crippen molar-refractivity contribution in [1.29, 1.82) is 0 Å². The summed E-state index contributed by atoms with van der Waals surface area (Å²) in [7, 11) is 1.68. The van der Waals surface area contributed by atoms with E-state index in [1.165, 1.54) is 4.90 Å². The first-order valence-electron chi connectivity index (χ1n) is 12.7. The fourth-order valence-corrected chi connectivity index (χ4v) is 4.55. The van der Waals surface area contributed by atoms with Gasteiger partial charge in [0, 0.05) is 57.5 Å². The fourth-order valence-electron chi connectivity index (χ4n) is 4.55. The molecule has 0 radical (unpaired) electrons. The third-order valence-corrected chi connectivity index (χ3v) is 6.69. The number of ether oxygens (including phenoxy) is 1. The van der Waals surface area contributed by atoms with Gasteiger partial charge in [-0.2, -0.15) is 0 Å². The van der Waals surface area contributed by atoms with Crippen LogP contribution in [0.3, 0.4) is 0 Å². The zero-order valence-corrected chi connectivity index (χ0v) is 22.3.